The second kappa shape index (κ2) is 3.44. The van der Waals surface area contributed by atoms with Gasteiger partial charge in [-0.15, -0.1) is 0 Å². The molecule has 1 N–H and O–H groups in total. The van der Waals surface area contributed by atoms with Gasteiger partial charge in [-0.25, -0.2) is 0 Å². The molecule has 0 amide bonds. The molecule has 0 heterocycles. The van der Waals surface area contributed by atoms with Crippen molar-refractivity contribution in [2.45, 2.75) is 20.3 Å². The van der Waals surface area contributed by atoms with Crippen molar-refractivity contribution >= 4 is 5.97 Å². The summed E-state index contributed by atoms with van der Waals surface area (Å²) < 4.78 is 4.50. The summed E-state index contributed by atoms with van der Waals surface area (Å²) in [6.07, 6.45) is 1.27. The molecule has 0 spiro atoms. The standard InChI is InChI=1S/C9H17NO2/c1-9(2)4-7(9)5-10-6-8(11)12-3/h7,10H,4-6H2,1-3H3. The number of esters is 1. The van der Waals surface area contributed by atoms with Crippen LogP contribution < -0.4 is 5.32 Å². The molecule has 1 unspecified atom stereocenters. The van der Waals surface area contributed by atoms with Crippen molar-refractivity contribution < 1.29 is 9.53 Å². The zero-order valence-electron chi connectivity index (χ0n) is 8.02. The number of hydrogen-bond acceptors (Lipinski definition) is 3. The maximum Gasteiger partial charge on any atom is 0.319 e. The lowest BCUT2D eigenvalue weighted by atomic mass is 10.1. The summed E-state index contributed by atoms with van der Waals surface area (Å²) in [5, 5.41) is 3.08. The Morgan fingerprint density at radius 1 is 1.67 bits per heavy atom. The topological polar surface area (TPSA) is 38.3 Å². The van der Waals surface area contributed by atoms with Gasteiger partial charge in [-0.3, -0.25) is 4.79 Å². The van der Waals surface area contributed by atoms with Gasteiger partial charge in [0.2, 0.25) is 0 Å². The van der Waals surface area contributed by atoms with Crippen LogP contribution in [0.5, 0.6) is 0 Å². The van der Waals surface area contributed by atoms with Gasteiger partial charge in [-0.05, 0) is 24.3 Å². The van der Waals surface area contributed by atoms with E-state index in [-0.39, 0.29) is 5.97 Å². The molecule has 0 aromatic carbocycles. The number of carbonyl (C=O) groups is 1. The molecule has 70 valence electrons. The van der Waals surface area contributed by atoms with Crippen molar-refractivity contribution in [1.29, 1.82) is 0 Å². The average molecular weight is 171 g/mol. The van der Waals surface area contributed by atoms with Crippen LogP contribution in [0.25, 0.3) is 0 Å². The third kappa shape index (κ3) is 2.48. The minimum atomic E-state index is -0.187. The van der Waals surface area contributed by atoms with E-state index in [1.807, 2.05) is 0 Å². The van der Waals surface area contributed by atoms with E-state index in [1.165, 1.54) is 13.5 Å². The Bertz CT molecular complexity index is 177. The van der Waals surface area contributed by atoms with Crippen molar-refractivity contribution in [2.24, 2.45) is 11.3 Å². The molecule has 0 aromatic heterocycles. The van der Waals surface area contributed by atoms with Crippen LogP contribution in [0.3, 0.4) is 0 Å². The molecule has 1 rings (SSSR count). The third-order valence-corrected chi connectivity index (χ3v) is 2.61. The highest BCUT2D eigenvalue weighted by Crippen LogP contribution is 2.50. The van der Waals surface area contributed by atoms with Crippen LogP contribution in [0.4, 0.5) is 0 Å². The van der Waals surface area contributed by atoms with E-state index in [9.17, 15) is 4.79 Å². The van der Waals surface area contributed by atoms with Gasteiger partial charge in [0.1, 0.15) is 0 Å². The van der Waals surface area contributed by atoms with Gasteiger partial charge in [-0.2, -0.15) is 0 Å². The highest BCUT2D eigenvalue weighted by atomic mass is 16.5. The molecule has 3 heteroatoms. The van der Waals surface area contributed by atoms with Crippen molar-refractivity contribution in [3.63, 3.8) is 0 Å². The fraction of sp³-hybridized carbons (Fsp3) is 0.889. The molecule has 0 radical (unpaired) electrons. The predicted octanol–water partition coefficient (Wildman–Crippen LogP) is 0.795. The van der Waals surface area contributed by atoms with Crippen molar-refractivity contribution in [1.82, 2.24) is 5.32 Å². The van der Waals surface area contributed by atoms with E-state index >= 15 is 0 Å². The van der Waals surface area contributed by atoms with Crippen LogP contribution in [0.1, 0.15) is 20.3 Å². The van der Waals surface area contributed by atoms with E-state index in [0.29, 0.717) is 12.0 Å². The summed E-state index contributed by atoms with van der Waals surface area (Å²) in [5.74, 6) is 0.551. The monoisotopic (exact) mass is 171 g/mol. The number of ether oxygens (including phenoxy) is 1. The van der Waals surface area contributed by atoms with E-state index in [0.717, 1.165) is 12.5 Å². The van der Waals surface area contributed by atoms with E-state index in [2.05, 4.69) is 23.9 Å². The molecular weight excluding hydrogens is 154 g/mol. The van der Waals surface area contributed by atoms with E-state index < -0.39 is 0 Å². The maximum atomic E-state index is 10.7. The Hall–Kier alpha value is -0.570. The lowest BCUT2D eigenvalue weighted by Gasteiger charge is -2.04. The first-order chi connectivity index (χ1) is 5.56. The second-order valence-corrected chi connectivity index (χ2v) is 4.10. The number of nitrogens with one attached hydrogen (secondary N) is 1. The molecule has 1 aliphatic rings. The minimum Gasteiger partial charge on any atom is -0.468 e. The third-order valence-electron chi connectivity index (χ3n) is 2.61. The molecule has 0 bridgehead atoms. The SMILES string of the molecule is COC(=O)CNCC1CC1(C)C. The molecule has 1 atom stereocenters. The molecule has 1 aliphatic carbocycles. The number of hydrogen-bond donors (Lipinski definition) is 1. The van der Waals surface area contributed by atoms with Gasteiger partial charge in [0, 0.05) is 0 Å². The summed E-state index contributed by atoms with van der Waals surface area (Å²) >= 11 is 0. The summed E-state index contributed by atoms with van der Waals surface area (Å²) in [7, 11) is 1.41. The van der Waals surface area contributed by atoms with Crippen LogP contribution in [-0.4, -0.2) is 26.2 Å². The Balaban J connectivity index is 2.01. The minimum absolute atomic E-state index is 0.187. The maximum absolute atomic E-state index is 10.7. The molecule has 12 heavy (non-hydrogen) atoms. The molecular formula is C9H17NO2. The fourth-order valence-corrected chi connectivity index (χ4v) is 1.35. The van der Waals surface area contributed by atoms with Crippen LogP contribution in [0, 0.1) is 11.3 Å². The van der Waals surface area contributed by atoms with Gasteiger partial charge in [0.05, 0.1) is 13.7 Å². The average Bonchev–Trinajstić information content (AvgIpc) is 2.59. The van der Waals surface area contributed by atoms with Crippen LogP contribution >= 0.6 is 0 Å². The van der Waals surface area contributed by atoms with Gasteiger partial charge in [0.15, 0.2) is 0 Å². The zero-order valence-corrected chi connectivity index (χ0v) is 8.02. The first-order valence-electron chi connectivity index (χ1n) is 4.34. The van der Waals surface area contributed by atoms with Gasteiger partial charge in [-0.1, -0.05) is 13.8 Å². The highest BCUT2D eigenvalue weighted by molar-refractivity contribution is 5.71. The lowest BCUT2D eigenvalue weighted by Crippen LogP contribution is -2.26. The lowest BCUT2D eigenvalue weighted by molar-refractivity contribution is -0.139. The summed E-state index contributed by atoms with van der Waals surface area (Å²) in [4.78, 5) is 10.7. The van der Waals surface area contributed by atoms with Gasteiger partial charge >= 0.3 is 5.97 Å². The van der Waals surface area contributed by atoms with Crippen LogP contribution in [-0.2, 0) is 9.53 Å². The Morgan fingerprint density at radius 3 is 2.67 bits per heavy atom. The second-order valence-electron chi connectivity index (χ2n) is 4.10. The number of carbonyl (C=O) groups excluding carboxylic acids is 1. The van der Waals surface area contributed by atoms with Gasteiger partial charge < -0.3 is 10.1 Å². The fourth-order valence-electron chi connectivity index (χ4n) is 1.35. The van der Waals surface area contributed by atoms with E-state index in [1.54, 1.807) is 0 Å². The predicted molar refractivity (Wildman–Crippen MR) is 46.8 cm³/mol. The zero-order chi connectivity index (χ0) is 9.19. The normalized spacial score (nSPS) is 25.1. The summed E-state index contributed by atoms with van der Waals surface area (Å²) in [6, 6.07) is 0. The van der Waals surface area contributed by atoms with Gasteiger partial charge in [0.25, 0.3) is 0 Å². The molecule has 0 saturated heterocycles. The number of rotatable bonds is 4. The van der Waals surface area contributed by atoms with Crippen LogP contribution in [0.2, 0.25) is 0 Å². The van der Waals surface area contributed by atoms with Crippen LogP contribution in [0.15, 0.2) is 0 Å². The quantitative estimate of drug-likeness (QED) is 0.636. The van der Waals surface area contributed by atoms with Crippen molar-refractivity contribution in [3.05, 3.63) is 0 Å². The molecule has 1 fully saturated rings. The summed E-state index contributed by atoms with van der Waals surface area (Å²) in [6.45, 7) is 5.76. The molecule has 1 saturated carbocycles. The van der Waals surface area contributed by atoms with Crippen molar-refractivity contribution in [2.75, 3.05) is 20.2 Å². The first-order valence-corrected chi connectivity index (χ1v) is 4.34. The first kappa shape index (κ1) is 9.52. The molecule has 0 aromatic rings. The largest absolute Gasteiger partial charge is 0.468 e. The Morgan fingerprint density at radius 2 is 2.25 bits per heavy atom. The smallest absolute Gasteiger partial charge is 0.319 e. The molecule has 3 nitrogen and oxygen atoms in total. The summed E-state index contributed by atoms with van der Waals surface area (Å²) in [5.41, 5.74) is 0.489. The Labute approximate surface area is 73.5 Å². The van der Waals surface area contributed by atoms with E-state index in [4.69, 9.17) is 0 Å². The Kier molecular flexibility index (Phi) is 2.73. The number of methoxy groups -OCH3 is 1. The van der Waals surface area contributed by atoms with Crippen molar-refractivity contribution in [3.8, 4) is 0 Å². The highest BCUT2D eigenvalue weighted by Gasteiger charge is 2.44. The molecule has 0 aliphatic heterocycles.